The average molecular weight is 325 g/mol. The van der Waals surface area contributed by atoms with Crippen molar-refractivity contribution in [3.63, 3.8) is 0 Å². The number of morpholine rings is 1. The zero-order chi connectivity index (χ0) is 15.9. The summed E-state index contributed by atoms with van der Waals surface area (Å²) in [6, 6.07) is 2.41. The van der Waals surface area contributed by atoms with Gasteiger partial charge in [-0.15, -0.1) is 0 Å². The summed E-state index contributed by atoms with van der Waals surface area (Å²) in [6.45, 7) is 10.9. The number of nitrogens with one attached hydrogen (secondary N) is 1. The second kappa shape index (κ2) is 8.50. The molecule has 0 aromatic carbocycles. The van der Waals surface area contributed by atoms with Gasteiger partial charge < -0.3 is 15.0 Å². The van der Waals surface area contributed by atoms with E-state index in [1.807, 2.05) is 11.8 Å². The monoisotopic (exact) mass is 325 g/mol. The topological polar surface area (TPSA) is 44.8 Å². The molecule has 124 valence electrons. The van der Waals surface area contributed by atoms with E-state index in [1.165, 1.54) is 5.56 Å². The quantitative estimate of drug-likeness (QED) is 0.874. The number of carbonyl (C=O) groups is 1. The largest absolute Gasteiger partial charge is 0.375 e. The third-order valence-corrected chi connectivity index (χ3v) is 4.86. The molecular weight excluding hydrogens is 298 g/mol. The lowest BCUT2D eigenvalue weighted by molar-refractivity contribution is -0.00369. The smallest absolute Gasteiger partial charge is 0.317 e. The van der Waals surface area contributed by atoms with E-state index in [1.54, 1.807) is 11.3 Å². The molecule has 2 unspecified atom stereocenters. The Kier molecular flexibility index (Phi) is 6.67. The van der Waals surface area contributed by atoms with Gasteiger partial charge in [0, 0.05) is 19.6 Å². The van der Waals surface area contributed by atoms with Crippen LogP contribution in [0.2, 0.25) is 0 Å². The van der Waals surface area contributed by atoms with Crippen molar-refractivity contribution in [1.29, 1.82) is 0 Å². The van der Waals surface area contributed by atoms with Gasteiger partial charge in [-0.05, 0) is 42.4 Å². The summed E-state index contributed by atoms with van der Waals surface area (Å²) >= 11 is 1.70. The minimum atomic E-state index is 0.0162. The van der Waals surface area contributed by atoms with Crippen LogP contribution < -0.4 is 5.32 Å². The van der Waals surface area contributed by atoms with Gasteiger partial charge in [-0.3, -0.25) is 4.90 Å². The lowest BCUT2D eigenvalue weighted by Gasteiger charge is -2.33. The molecule has 22 heavy (non-hydrogen) atoms. The van der Waals surface area contributed by atoms with Gasteiger partial charge in [0.2, 0.25) is 0 Å². The molecule has 1 aliphatic rings. The van der Waals surface area contributed by atoms with Gasteiger partial charge in [0.1, 0.15) is 0 Å². The van der Waals surface area contributed by atoms with Gasteiger partial charge in [0.05, 0.1) is 18.8 Å². The fourth-order valence-electron chi connectivity index (χ4n) is 2.89. The molecule has 0 radical (unpaired) electrons. The molecule has 2 amide bonds. The predicted molar refractivity (Wildman–Crippen MR) is 90.4 cm³/mol. The molecule has 5 nitrogen and oxygen atoms in total. The number of carbonyl (C=O) groups excluding carboxylic acids is 1. The lowest BCUT2D eigenvalue weighted by atomic mass is 10.1. The summed E-state index contributed by atoms with van der Waals surface area (Å²) < 4.78 is 5.49. The summed E-state index contributed by atoms with van der Waals surface area (Å²) in [7, 11) is 0. The highest BCUT2D eigenvalue weighted by atomic mass is 32.1. The van der Waals surface area contributed by atoms with Crippen LogP contribution in [0.25, 0.3) is 0 Å². The molecule has 2 heterocycles. The first-order valence-corrected chi connectivity index (χ1v) is 9.00. The molecule has 2 atom stereocenters. The van der Waals surface area contributed by atoms with E-state index in [-0.39, 0.29) is 18.2 Å². The van der Waals surface area contributed by atoms with Crippen LogP contribution >= 0.6 is 11.3 Å². The molecule has 0 bridgehead atoms. The Morgan fingerprint density at radius 1 is 1.55 bits per heavy atom. The Morgan fingerprint density at radius 3 is 2.91 bits per heavy atom. The first-order valence-electron chi connectivity index (χ1n) is 8.06. The van der Waals surface area contributed by atoms with Crippen LogP contribution in [0.1, 0.15) is 32.4 Å². The van der Waals surface area contributed by atoms with Crippen LogP contribution in [-0.2, 0) is 4.74 Å². The second-order valence-corrected chi connectivity index (χ2v) is 6.39. The van der Waals surface area contributed by atoms with E-state index in [2.05, 4.69) is 40.9 Å². The van der Waals surface area contributed by atoms with Crippen molar-refractivity contribution in [1.82, 2.24) is 15.1 Å². The Bertz CT molecular complexity index is 448. The molecular formula is C16H27N3O2S. The Hall–Kier alpha value is -1.11. The van der Waals surface area contributed by atoms with Crippen LogP contribution in [0.15, 0.2) is 16.8 Å². The van der Waals surface area contributed by atoms with E-state index in [0.29, 0.717) is 26.2 Å². The summed E-state index contributed by atoms with van der Waals surface area (Å²) in [5.74, 6) is 0. The number of nitrogens with zero attached hydrogens (tertiary/aromatic N) is 2. The van der Waals surface area contributed by atoms with E-state index in [4.69, 9.17) is 4.74 Å². The number of hydrogen-bond donors (Lipinski definition) is 1. The minimum Gasteiger partial charge on any atom is -0.375 e. The molecule has 6 heteroatoms. The molecule has 2 rings (SSSR count). The van der Waals surface area contributed by atoms with Crippen LogP contribution in [0, 0.1) is 0 Å². The fraction of sp³-hybridized carbons (Fsp3) is 0.688. The van der Waals surface area contributed by atoms with Gasteiger partial charge in [0.15, 0.2) is 0 Å². The maximum Gasteiger partial charge on any atom is 0.317 e. The highest BCUT2D eigenvalue weighted by Crippen LogP contribution is 2.22. The van der Waals surface area contributed by atoms with Crippen molar-refractivity contribution in [2.24, 2.45) is 0 Å². The molecule has 1 aliphatic heterocycles. The standard InChI is InChI=1S/C16H27N3O2S/c1-4-18(5-2)15(14-6-9-22-12-14)10-17-16(20)19-7-8-21-13(3)11-19/h6,9,12-13,15H,4-5,7-8,10-11H2,1-3H3,(H,17,20). The van der Waals surface area contributed by atoms with E-state index in [9.17, 15) is 4.79 Å². The van der Waals surface area contributed by atoms with E-state index < -0.39 is 0 Å². The van der Waals surface area contributed by atoms with Gasteiger partial charge in [0.25, 0.3) is 0 Å². The summed E-state index contributed by atoms with van der Waals surface area (Å²) in [5.41, 5.74) is 1.28. The zero-order valence-corrected chi connectivity index (χ0v) is 14.6. The zero-order valence-electron chi connectivity index (χ0n) is 13.7. The summed E-state index contributed by atoms with van der Waals surface area (Å²) in [5, 5.41) is 7.37. The van der Waals surface area contributed by atoms with Crippen molar-refractivity contribution in [3.05, 3.63) is 22.4 Å². The number of amides is 2. The maximum absolute atomic E-state index is 12.4. The maximum atomic E-state index is 12.4. The average Bonchev–Trinajstić information content (AvgIpc) is 3.05. The van der Waals surface area contributed by atoms with Crippen LogP contribution in [0.5, 0.6) is 0 Å². The molecule has 0 aliphatic carbocycles. The third-order valence-electron chi connectivity index (χ3n) is 4.16. The second-order valence-electron chi connectivity index (χ2n) is 5.61. The number of thiophene rings is 1. The molecule has 1 N–H and O–H groups in total. The summed E-state index contributed by atoms with van der Waals surface area (Å²) in [6.07, 6.45) is 0.120. The van der Waals surface area contributed by atoms with Crippen LogP contribution in [0.4, 0.5) is 4.79 Å². The SMILES string of the molecule is CCN(CC)C(CNC(=O)N1CCOC(C)C1)c1ccsc1. The minimum absolute atomic E-state index is 0.0162. The Morgan fingerprint density at radius 2 is 2.32 bits per heavy atom. The number of urea groups is 1. The van der Waals surface area contributed by atoms with Crippen LogP contribution in [-0.4, -0.2) is 61.3 Å². The highest BCUT2D eigenvalue weighted by molar-refractivity contribution is 7.07. The van der Waals surface area contributed by atoms with Gasteiger partial charge in [-0.1, -0.05) is 13.8 Å². The van der Waals surface area contributed by atoms with Crippen molar-refractivity contribution < 1.29 is 9.53 Å². The predicted octanol–water partition coefficient (Wildman–Crippen LogP) is 2.56. The van der Waals surface area contributed by atoms with Crippen molar-refractivity contribution in [3.8, 4) is 0 Å². The van der Waals surface area contributed by atoms with Gasteiger partial charge >= 0.3 is 6.03 Å². The van der Waals surface area contributed by atoms with Crippen molar-refractivity contribution >= 4 is 17.4 Å². The third kappa shape index (κ3) is 4.44. The number of hydrogen-bond acceptors (Lipinski definition) is 4. The fourth-order valence-corrected chi connectivity index (χ4v) is 3.59. The number of likely N-dealkylation sites (N-methyl/N-ethyl adjacent to an activating group) is 1. The Labute approximate surface area is 137 Å². The van der Waals surface area contributed by atoms with Crippen molar-refractivity contribution in [2.75, 3.05) is 39.3 Å². The Balaban J connectivity index is 1.94. The molecule has 1 aromatic rings. The highest BCUT2D eigenvalue weighted by Gasteiger charge is 2.24. The molecule has 1 fully saturated rings. The molecule has 0 saturated carbocycles. The van der Waals surface area contributed by atoms with E-state index in [0.717, 1.165) is 13.1 Å². The van der Waals surface area contributed by atoms with Gasteiger partial charge in [-0.25, -0.2) is 4.79 Å². The van der Waals surface area contributed by atoms with Crippen molar-refractivity contribution in [2.45, 2.75) is 32.9 Å². The first kappa shape index (κ1) is 17.2. The van der Waals surface area contributed by atoms with Crippen LogP contribution in [0.3, 0.4) is 0 Å². The number of rotatable bonds is 6. The molecule has 1 saturated heterocycles. The number of ether oxygens (including phenoxy) is 1. The molecule has 1 aromatic heterocycles. The summed E-state index contributed by atoms with van der Waals surface area (Å²) in [4.78, 5) is 16.6. The normalized spacial score (nSPS) is 20.2. The van der Waals surface area contributed by atoms with E-state index >= 15 is 0 Å². The molecule has 0 spiro atoms. The lowest BCUT2D eigenvalue weighted by Crippen LogP contribution is -2.50. The van der Waals surface area contributed by atoms with Gasteiger partial charge in [-0.2, -0.15) is 11.3 Å². The first-order chi connectivity index (χ1) is 10.7.